The molecule has 1 aromatic heterocycles. The summed E-state index contributed by atoms with van der Waals surface area (Å²) in [7, 11) is 0. The molecule has 0 unspecified atom stereocenters. The number of nitrogens with zero attached hydrogens (tertiary/aromatic N) is 1. The van der Waals surface area contributed by atoms with E-state index in [4.69, 9.17) is 6.58 Å². The van der Waals surface area contributed by atoms with Gasteiger partial charge in [-0.2, -0.15) is 0 Å². The summed E-state index contributed by atoms with van der Waals surface area (Å²) in [4.78, 5) is 0. The fourth-order valence-electron chi connectivity index (χ4n) is 0.421. The van der Waals surface area contributed by atoms with Crippen molar-refractivity contribution >= 4 is 0 Å². The Kier molecular flexibility index (Phi) is 3.43. The van der Waals surface area contributed by atoms with Crippen LogP contribution >= 0.6 is 0 Å². The Balaban J connectivity index is 0.000000490. The summed E-state index contributed by atoms with van der Waals surface area (Å²) < 4.78 is 1.65. The maximum atomic E-state index is 5.01. The van der Waals surface area contributed by atoms with Crippen LogP contribution in [0.15, 0.2) is 24.5 Å². The summed E-state index contributed by atoms with van der Waals surface area (Å²) in [6.07, 6.45) is 6.06. The fourth-order valence-corrected chi connectivity index (χ4v) is 0.421. The Hall–Kier alpha value is -0.383. The Labute approximate surface area is 61.2 Å². The predicted molar refractivity (Wildman–Crippen MR) is 27.4 cm³/mol. The van der Waals surface area contributed by atoms with Crippen molar-refractivity contribution in [3.8, 4) is 0 Å². The van der Waals surface area contributed by atoms with E-state index in [0.29, 0.717) is 0 Å². The Morgan fingerprint density at radius 3 is 2.00 bits per heavy atom. The summed E-state index contributed by atoms with van der Waals surface area (Å²) in [6.45, 7) is 5.01. The van der Waals surface area contributed by atoms with Crippen molar-refractivity contribution in [2.24, 2.45) is 0 Å². The zero-order valence-electron chi connectivity index (χ0n) is 4.83. The maximum absolute atomic E-state index is 5.01. The van der Waals surface area contributed by atoms with Crippen molar-refractivity contribution in [2.75, 3.05) is 0 Å². The molecule has 8 heavy (non-hydrogen) atoms. The van der Waals surface area contributed by atoms with Gasteiger partial charge in [-0.25, -0.2) is 0 Å². The van der Waals surface area contributed by atoms with Crippen molar-refractivity contribution in [2.45, 2.75) is 0 Å². The van der Waals surface area contributed by atoms with E-state index in [0.717, 1.165) is 0 Å². The van der Waals surface area contributed by atoms with E-state index in [2.05, 4.69) is 6.20 Å². The van der Waals surface area contributed by atoms with Gasteiger partial charge < -0.3 is 4.57 Å². The van der Waals surface area contributed by atoms with Crippen molar-refractivity contribution in [1.82, 2.24) is 4.57 Å². The van der Waals surface area contributed by atoms with Crippen LogP contribution < -0.4 is 18.9 Å². The zero-order valence-corrected chi connectivity index (χ0v) is 4.83. The molecule has 0 bridgehead atoms. The van der Waals surface area contributed by atoms with Gasteiger partial charge in [0.05, 0.1) is 0 Å². The standard InChI is InChI=1S/C6H5N.Li/c1-2-7-5-3-4-6-7;/h1,3-6H;/q-1;+1. The average molecular weight is 98.1 g/mol. The molecule has 0 aliphatic rings. The molecule has 0 aliphatic heterocycles. The summed E-state index contributed by atoms with van der Waals surface area (Å²) >= 11 is 0. The second-order valence-electron chi connectivity index (χ2n) is 1.22. The molecular formula is C6H5LiN. The molecule has 35 valence electrons. The number of hydrogen-bond donors (Lipinski definition) is 0. The Bertz CT molecular complexity index is 144. The Morgan fingerprint density at radius 2 is 1.75 bits per heavy atom. The topological polar surface area (TPSA) is 4.93 Å². The predicted octanol–water partition coefficient (Wildman–Crippen LogP) is -1.91. The van der Waals surface area contributed by atoms with Gasteiger partial charge in [-0.1, -0.05) is 6.20 Å². The molecular weight excluding hydrogens is 93.0 g/mol. The van der Waals surface area contributed by atoms with E-state index < -0.39 is 0 Å². The van der Waals surface area contributed by atoms with Crippen molar-refractivity contribution in [3.63, 3.8) is 0 Å². The molecule has 0 atom stereocenters. The van der Waals surface area contributed by atoms with Gasteiger partial charge in [0.15, 0.2) is 0 Å². The third-order valence-electron chi connectivity index (χ3n) is 0.754. The van der Waals surface area contributed by atoms with Crippen LogP contribution in [-0.4, -0.2) is 4.57 Å². The van der Waals surface area contributed by atoms with Gasteiger partial charge in [0.25, 0.3) is 0 Å². The first-order valence-corrected chi connectivity index (χ1v) is 2.03. The van der Waals surface area contributed by atoms with E-state index in [9.17, 15) is 0 Å². The van der Waals surface area contributed by atoms with E-state index in [-0.39, 0.29) is 18.9 Å². The minimum absolute atomic E-state index is 0. The molecule has 0 saturated heterocycles. The van der Waals surface area contributed by atoms with Gasteiger partial charge in [-0.15, -0.1) is 31.1 Å². The normalized spacial score (nSPS) is 7.50. The molecule has 0 N–H and O–H groups in total. The molecule has 2 heteroatoms. The van der Waals surface area contributed by atoms with Crippen LogP contribution in [0.25, 0.3) is 0 Å². The number of aromatic nitrogens is 1. The smallest absolute Gasteiger partial charge is 0.490 e. The van der Waals surface area contributed by atoms with Crippen molar-refractivity contribution < 1.29 is 18.9 Å². The fraction of sp³-hybridized carbons (Fsp3) is 0. The quantitative estimate of drug-likeness (QED) is 0.285. The van der Waals surface area contributed by atoms with Crippen LogP contribution in [0.5, 0.6) is 0 Å². The summed E-state index contributed by atoms with van der Waals surface area (Å²) in [6, 6.07) is 3.78. The number of hydrogen-bond acceptors (Lipinski definition) is 0. The molecule has 0 spiro atoms. The van der Waals surface area contributed by atoms with E-state index in [1.54, 1.807) is 4.57 Å². The molecule has 0 fully saturated rings. The first-order chi connectivity index (χ1) is 3.43. The van der Waals surface area contributed by atoms with E-state index in [1.807, 2.05) is 24.5 Å². The minimum Gasteiger partial charge on any atom is -0.490 e. The van der Waals surface area contributed by atoms with Crippen LogP contribution in [0.2, 0.25) is 0 Å². The van der Waals surface area contributed by atoms with E-state index in [1.165, 1.54) is 0 Å². The Morgan fingerprint density at radius 1 is 1.25 bits per heavy atom. The summed E-state index contributed by atoms with van der Waals surface area (Å²) in [5, 5.41) is 0. The van der Waals surface area contributed by atoms with Gasteiger partial charge in [0.1, 0.15) is 0 Å². The van der Waals surface area contributed by atoms with E-state index >= 15 is 0 Å². The molecule has 1 rings (SSSR count). The maximum Gasteiger partial charge on any atom is 1.00 e. The third-order valence-corrected chi connectivity index (χ3v) is 0.754. The molecule has 1 nitrogen and oxygen atoms in total. The van der Waals surface area contributed by atoms with Gasteiger partial charge in [0, 0.05) is 0 Å². The van der Waals surface area contributed by atoms with Gasteiger partial charge in [0.2, 0.25) is 0 Å². The monoisotopic (exact) mass is 98.1 g/mol. The third kappa shape index (κ3) is 1.61. The van der Waals surface area contributed by atoms with Crippen LogP contribution in [0.4, 0.5) is 0 Å². The molecule has 0 amide bonds. The van der Waals surface area contributed by atoms with Crippen LogP contribution in [0.1, 0.15) is 0 Å². The molecule has 1 radical (unpaired) electrons. The SMILES string of the molecule is [CH]=[C-]n1cccc1.[Li+]. The second-order valence-corrected chi connectivity index (χ2v) is 1.22. The first kappa shape index (κ1) is 7.62. The molecule has 1 heterocycles. The van der Waals surface area contributed by atoms with Crippen LogP contribution in [0.3, 0.4) is 0 Å². The van der Waals surface area contributed by atoms with Crippen molar-refractivity contribution in [1.29, 1.82) is 0 Å². The van der Waals surface area contributed by atoms with Gasteiger partial charge >= 0.3 is 18.9 Å². The average Bonchev–Trinajstić information content (AvgIpc) is 2.14. The molecule has 0 aliphatic carbocycles. The van der Waals surface area contributed by atoms with Gasteiger partial charge in [-0.3, -0.25) is 0 Å². The van der Waals surface area contributed by atoms with Crippen molar-refractivity contribution in [3.05, 3.63) is 37.3 Å². The molecule has 0 saturated carbocycles. The second kappa shape index (κ2) is 3.60. The summed E-state index contributed by atoms with van der Waals surface area (Å²) in [5.74, 6) is 0. The van der Waals surface area contributed by atoms with Crippen LogP contribution in [-0.2, 0) is 0 Å². The first-order valence-electron chi connectivity index (χ1n) is 2.03. The van der Waals surface area contributed by atoms with Gasteiger partial charge in [-0.05, 0) is 0 Å². The number of rotatable bonds is 1. The molecule has 0 aromatic carbocycles. The van der Waals surface area contributed by atoms with Crippen LogP contribution in [0, 0.1) is 12.8 Å². The summed E-state index contributed by atoms with van der Waals surface area (Å²) in [5.41, 5.74) is 0. The zero-order chi connectivity index (χ0) is 5.11. The minimum atomic E-state index is 0. The largest absolute Gasteiger partial charge is 1.00 e. The molecule has 1 aromatic rings.